The lowest BCUT2D eigenvalue weighted by atomic mass is 10.4. The second kappa shape index (κ2) is 5.79. The topological polar surface area (TPSA) is 92.6 Å². The first-order valence-electron chi connectivity index (χ1n) is 4.98. The highest BCUT2D eigenvalue weighted by Crippen LogP contribution is 1.97. The van der Waals surface area contributed by atoms with Gasteiger partial charge in [0.1, 0.15) is 5.76 Å². The Balaban J connectivity index is 2.31. The normalized spacial score (nSPS) is 11.6. The number of nitrogens with one attached hydrogen (secondary N) is 2. The molecule has 16 heavy (non-hydrogen) atoms. The molecule has 0 aliphatic rings. The van der Waals surface area contributed by atoms with Crippen LogP contribution in [0.5, 0.6) is 0 Å². The van der Waals surface area contributed by atoms with Gasteiger partial charge in [0.05, 0.1) is 12.8 Å². The summed E-state index contributed by atoms with van der Waals surface area (Å²) in [6, 6.07) is 3.17. The standard InChI is InChI=1S/C10H16N4O2/c1-7(2)13-9(11)14-10(15)12-6-8-4-3-5-16-8/h3-5,7H,6H2,1-2H3,(H4,11,12,13,14,15). The molecule has 0 fully saturated rings. The van der Waals surface area contributed by atoms with Crippen molar-refractivity contribution in [3.05, 3.63) is 24.2 Å². The van der Waals surface area contributed by atoms with E-state index in [4.69, 9.17) is 10.2 Å². The average Bonchev–Trinajstić information content (AvgIpc) is 2.65. The van der Waals surface area contributed by atoms with Crippen LogP contribution < -0.4 is 16.4 Å². The van der Waals surface area contributed by atoms with Crippen LogP contribution in [0, 0.1) is 0 Å². The van der Waals surface area contributed by atoms with Crippen LogP contribution in [0.25, 0.3) is 0 Å². The fourth-order valence-electron chi connectivity index (χ4n) is 1.05. The molecule has 2 amide bonds. The molecule has 0 unspecified atom stereocenters. The van der Waals surface area contributed by atoms with Gasteiger partial charge in [-0.15, -0.1) is 0 Å². The largest absolute Gasteiger partial charge is 0.467 e. The molecule has 4 N–H and O–H groups in total. The number of nitrogens with zero attached hydrogens (tertiary/aromatic N) is 1. The molecule has 0 radical (unpaired) electrons. The summed E-state index contributed by atoms with van der Waals surface area (Å²) in [7, 11) is 0. The first-order chi connectivity index (χ1) is 7.58. The van der Waals surface area contributed by atoms with Gasteiger partial charge in [0, 0.05) is 6.04 Å². The molecule has 0 aliphatic heterocycles. The zero-order chi connectivity index (χ0) is 12.0. The van der Waals surface area contributed by atoms with E-state index in [0.29, 0.717) is 12.3 Å². The molecule has 0 aromatic carbocycles. The van der Waals surface area contributed by atoms with Gasteiger partial charge in [-0.3, -0.25) is 10.3 Å². The first-order valence-corrected chi connectivity index (χ1v) is 4.98. The lowest BCUT2D eigenvalue weighted by molar-refractivity contribution is 0.244. The summed E-state index contributed by atoms with van der Waals surface area (Å²) >= 11 is 0. The average molecular weight is 224 g/mol. The summed E-state index contributed by atoms with van der Waals surface area (Å²) in [5.41, 5.74) is 5.48. The number of nitrogens with two attached hydrogens (primary N) is 1. The van der Waals surface area contributed by atoms with E-state index in [1.54, 1.807) is 18.4 Å². The lowest BCUT2D eigenvalue weighted by Crippen LogP contribution is -2.43. The van der Waals surface area contributed by atoms with Crippen molar-refractivity contribution in [2.24, 2.45) is 10.7 Å². The maximum atomic E-state index is 11.3. The zero-order valence-corrected chi connectivity index (χ0v) is 9.36. The Bertz CT molecular complexity index is 357. The summed E-state index contributed by atoms with van der Waals surface area (Å²) in [6.45, 7) is 4.05. The van der Waals surface area contributed by atoms with Gasteiger partial charge in [0.15, 0.2) is 5.96 Å². The Labute approximate surface area is 93.9 Å². The van der Waals surface area contributed by atoms with Crippen LogP contribution in [0.1, 0.15) is 19.6 Å². The van der Waals surface area contributed by atoms with Crippen LogP contribution in [0.4, 0.5) is 4.79 Å². The van der Waals surface area contributed by atoms with Gasteiger partial charge in [-0.25, -0.2) is 4.79 Å². The minimum absolute atomic E-state index is 0.0466. The van der Waals surface area contributed by atoms with Crippen molar-refractivity contribution in [2.75, 3.05) is 0 Å². The van der Waals surface area contributed by atoms with Gasteiger partial charge in [-0.05, 0) is 26.0 Å². The van der Waals surface area contributed by atoms with Crippen molar-refractivity contribution in [2.45, 2.75) is 26.4 Å². The summed E-state index contributed by atoms with van der Waals surface area (Å²) in [5, 5.41) is 4.99. The van der Waals surface area contributed by atoms with Gasteiger partial charge in [0.25, 0.3) is 0 Å². The molecule has 1 rings (SSSR count). The van der Waals surface area contributed by atoms with Crippen molar-refractivity contribution in [1.82, 2.24) is 10.6 Å². The Hall–Kier alpha value is -1.98. The maximum Gasteiger partial charge on any atom is 0.321 e. The molecule has 1 aromatic rings. The molecular weight excluding hydrogens is 208 g/mol. The van der Waals surface area contributed by atoms with Crippen LogP contribution in [0.15, 0.2) is 27.8 Å². The van der Waals surface area contributed by atoms with Crippen LogP contribution in [-0.2, 0) is 6.54 Å². The van der Waals surface area contributed by atoms with Crippen molar-refractivity contribution >= 4 is 12.0 Å². The van der Waals surface area contributed by atoms with E-state index in [2.05, 4.69) is 15.6 Å². The molecule has 1 heterocycles. The highest BCUT2D eigenvalue weighted by molar-refractivity contribution is 5.95. The molecule has 88 valence electrons. The fraction of sp³-hybridized carbons (Fsp3) is 0.400. The van der Waals surface area contributed by atoms with Crippen LogP contribution in [0.2, 0.25) is 0 Å². The summed E-state index contributed by atoms with van der Waals surface area (Å²) in [4.78, 5) is 15.3. The van der Waals surface area contributed by atoms with Crippen molar-refractivity contribution in [1.29, 1.82) is 0 Å². The summed E-state index contributed by atoms with van der Waals surface area (Å²) in [6.07, 6.45) is 1.55. The molecule has 0 aliphatic carbocycles. The number of aliphatic imine (C=N–C) groups is 1. The van der Waals surface area contributed by atoms with E-state index in [0.717, 1.165) is 0 Å². The van der Waals surface area contributed by atoms with E-state index < -0.39 is 6.03 Å². The van der Waals surface area contributed by atoms with Gasteiger partial charge in [-0.1, -0.05) is 0 Å². The molecule has 6 heteroatoms. The summed E-state index contributed by atoms with van der Waals surface area (Å²) < 4.78 is 5.05. The number of guanidine groups is 1. The van der Waals surface area contributed by atoms with Crippen molar-refractivity contribution in [3.63, 3.8) is 0 Å². The molecule has 0 saturated carbocycles. The van der Waals surface area contributed by atoms with E-state index in [1.807, 2.05) is 13.8 Å². The minimum atomic E-state index is -0.404. The van der Waals surface area contributed by atoms with Gasteiger partial charge in [-0.2, -0.15) is 0 Å². The fourth-order valence-corrected chi connectivity index (χ4v) is 1.05. The molecule has 1 aromatic heterocycles. The number of furan rings is 1. The number of carbonyl (C=O) groups is 1. The Morgan fingerprint density at radius 2 is 2.38 bits per heavy atom. The highest BCUT2D eigenvalue weighted by Gasteiger charge is 2.03. The number of hydrogen-bond donors (Lipinski definition) is 3. The Morgan fingerprint density at radius 1 is 1.62 bits per heavy atom. The Morgan fingerprint density at radius 3 is 2.94 bits per heavy atom. The Kier molecular flexibility index (Phi) is 4.38. The number of hydrogen-bond acceptors (Lipinski definition) is 3. The van der Waals surface area contributed by atoms with Crippen molar-refractivity contribution < 1.29 is 9.21 Å². The van der Waals surface area contributed by atoms with E-state index >= 15 is 0 Å². The molecule has 0 saturated heterocycles. The highest BCUT2D eigenvalue weighted by atomic mass is 16.3. The number of amides is 2. The predicted octanol–water partition coefficient (Wildman–Crippen LogP) is 0.802. The number of carbonyl (C=O) groups excluding carboxylic acids is 1. The SMILES string of the molecule is CC(C)N=C(N)NC(=O)NCc1ccco1. The molecule has 0 atom stereocenters. The molecule has 0 bridgehead atoms. The van der Waals surface area contributed by atoms with Gasteiger partial charge < -0.3 is 15.5 Å². The second-order valence-electron chi connectivity index (χ2n) is 3.50. The summed E-state index contributed by atoms with van der Waals surface area (Å²) in [5.74, 6) is 0.779. The molecule has 0 spiro atoms. The quantitative estimate of drug-likeness (QED) is 0.523. The smallest absolute Gasteiger partial charge is 0.321 e. The van der Waals surface area contributed by atoms with Crippen molar-refractivity contribution in [3.8, 4) is 0 Å². The lowest BCUT2D eigenvalue weighted by Gasteiger charge is -2.06. The molecule has 6 nitrogen and oxygen atoms in total. The third-order valence-electron chi connectivity index (χ3n) is 1.64. The minimum Gasteiger partial charge on any atom is -0.467 e. The second-order valence-corrected chi connectivity index (χ2v) is 3.50. The van der Waals surface area contributed by atoms with E-state index in [-0.39, 0.29) is 12.0 Å². The van der Waals surface area contributed by atoms with E-state index in [9.17, 15) is 4.79 Å². The van der Waals surface area contributed by atoms with Crippen LogP contribution in [0.3, 0.4) is 0 Å². The van der Waals surface area contributed by atoms with Gasteiger partial charge in [0.2, 0.25) is 0 Å². The van der Waals surface area contributed by atoms with Crippen LogP contribution in [-0.4, -0.2) is 18.0 Å². The predicted molar refractivity (Wildman–Crippen MR) is 60.8 cm³/mol. The third-order valence-corrected chi connectivity index (χ3v) is 1.64. The number of urea groups is 1. The zero-order valence-electron chi connectivity index (χ0n) is 9.36. The first kappa shape index (κ1) is 12.1. The molecular formula is C10H16N4O2. The number of rotatable bonds is 3. The monoisotopic (exact) mass is 224 g/mol. The van der Waals surface area contributed by atoms with Crippen LogP contribution >= 0.6 is 0 Å². The third kappa shape index (κ3) is 4.50. The van der Waals surface area contributed by atoms with Gasteiger partial charge >= 0.3 is 6.03 Å². The maximum absolute atomic E-state index is 11.3. The van der Waals surface area contributed by atoms with E-state index in [1.165, 1.54) is 0 Å².